The molecule has 33 heavy (non-hydrogen) atoms. The average molecular weight is 459 g/mol. The third-order valence-electron chi connectivity index (χ3n) is 6.09. The lowest BCUT2D eigenvalue weighted by atomic mass is 10.1. The number of hydrogen-bond acceptors (Lipinski definition) is 4. The van der Waals surface area contributed by atoms with Crippen LogP contribution in [-0.2, 0) is 11.0 Å². The smallest absolute Gasteiger partial charge is 0.416 e. The van der Waals surface area contributed by atoms with Gasteiger partial charge in [0.05, 0.1) is 5.56 Å². The molecule has 174 valence electrons. The Balaban J connectivity index is 1.47. The van der Waals surface area contributed by atoms with Gasteiger partial charge in [-0.3, -0.25) is 9.59 Å². The molecule has 2 aromatic carbocycles. The summed E-state index contributed by atoms with van der Waals surface area (Å²) in [6.45, 7) is 2.47. The van der Waals surface area contributed by atoms with E-state index in [-0.39, 0.29) is 40.8 Å². The number of fused-ring (bicyclic) bond motifs is 1. The molecule has 1 saturated carbocycles. The number of rotatable bonds is 5. The Bertz CT molecular complexity index is 1170. The van der Waals surface area contributed by atoms with Crippen LogP contribution in [0.3, 0.4) is 0 Å². The molecule has 6 nitrogen and oxygen atoms in total. The molecule has 4 rings (SSSR count). The summed E-state index contributed by atoms with van der Waals surface area (Å²) in [6.07, 6.45) is -2.30. The Morgan fingerprint density at radius 2 is 1.88 bits per heavy atom. The second-order valence-electron chi connectivity index (χ2n) is 8.25. The summed E-state index contributed by atoms with van der Waals surface area (Å²) in [6, 6.07) is 9.73. The summed E-state index contributed by atoms with van der Waals surface area (Å²) in [5, 5.41) is 2.84. The third-order valence-corrected chi connectivity index (χ3v) is 6.09. The van der Waals surface area contributed by atoms with Crippen LogP contribution >= 0.6 is 0 Å². The van der Waals surface area contributed by atoms with Crippen molar-refractivity contribution in [3.63, 3.8) is 0 Å². The van der Waals surface area contributed by atoms with E-state index in [0.29, 0.717) is 24.1 Å². The standard InChI is InChI=1S/C24H24F3N3O3/c1-3-28-21(31)16-8-10-18(12-16)30(2)23(32)15-6-4-14(5-7-15)22-29-19-13-17(24(25,26)27)9-11-20(19)33-22/h4-7,9,11,13,16,18H,3,8,10,12H2,1-2H3,(H,28,31)/t16-,18+/m0/s1. The van der Waals surface area contributed by atoms with Crippen LogP contribution in [0.1, 0.15) is 42.1 Å². The van der Waals surface area contributed by atoms with Crippen molar-refractivity contribution in [1.29, 1.82) is 0 Å². The quantitative estimate of drug-likeness (QED) is 0.590. The number of carbonyl (C=O) groups is 2. The molecule has 1 N–H and O–H groups in total. The van der Waals surface area contributed by atoms with E-state index in [1.54, 1.807) is 36.2 Å². The minimum absolute atomic E-state index is 0.00958. The molecule has 0 unspecified atom stereocenters. The van der Waals surface area contributed by atoms with E-state index >= 15 is 0 Å². The predicted molar refractivity (Wildman–Crippen MR) is 116 cm³/mol. The van der Waals surface area contributed by atoms with Gasteiger partial charge in [0.2, 0.25) is 11.8 Å². The van der Waals surface area contributed by atoms with Gasteiger partial charge in [-0.25, -0.2) is 4.98 Å². The fourth-order valence-corrected chi connectivity index (χ4v) is 4.22. The first-order valence-corrected chi connectivity index (χ1v) is 10.8. The molecular weight excluding hydrogens is 435 g/mol. The molecule has 3 aromatic rings. The first-order valence-electron chi connectivity index (χ1n) is 10.8. The molecule has 2 amide bonds. The van der Waals surface area contributed by atoms with Gasteiger partial charge in [0.25, 0.3) is 5.91 Å². The van der Waals surface area contributed by atoms with Crippen LogP contribution in [0.5, 0.6) is 0 Å². The SMILES string of the molecule is CCNC(=O)[C@H]1CC[C@@H](N(C)C(=O)c2ccc(-c3nc4cc(C(F)(F)F)ccc4o3)cc2)C1. The van der Waals surface area contributed by atoms with Crippen molar-refractivity contribution in [1.82, 2.24) is 15.2 Å². The number of amides is 2. The van der Waals surface area contributed by atoms with Crippen LogP contribution in [0.2, 0.25) is 0 Å². The van der Waals surface area contributed by atoms with Crippen molar-refractivity contribution >= 4 is 22.9 Å². The second kappa shape index (κ2) is 8.88. The summed E-state index contributed by atoms with van der Waals surface area (Å²) < 4.78 is 44.4. The van der Waals surface area contributed by atoms with Gasteiger partial charge in [0, 0.05) is 36.7 Å². The van der Waals surface area contributed by atoms with Gasteiger partial charge in [0.1, 0.15) is 5.52 Å². The minimum Gasteiger partial charge on any atom is -0.436 e. The largest absolute Gasteiger partial charge is 0.436 e. The summed E-state index contributed by atoms with van der Waals surface area (Å²) in [4.78, 5) is 30.8. The van der Waals surface area contributed by atoms with Crippen LogP contribution < -0.4 is 5.32 Å². The molecule has 1 fully saturated rings. The average Bonchev–Trinajstić information content (AvgIpc) is 3.45. The molecule has 0 spiro atoms. The number of oxazole rings is 1. The number of halogens is 3. The number of nitrogens with one attached hydrogen (secondary N) is 1. The molecule has 1 aromatic heterocycles. The zero-order chi connectivity index (χ0) is 23.8. The molecule has 1 aliphatic carbocycles. The third kappa shape index (κ3) is 4.72. The molecule has 9 heteroatoms. The van der Waals surface area contributed by atoms with E-state index in [1.807, 2.05) is 6.92 Å². The van der Waals surface area contributed by atoms with E-state index < -0.39 is 11.7 Å². The predicted octanol–water partition coefficient (Wildman–Crippen LogP) is 4.89. The molecule has 0 saturated heterocycles. The van der Waals surface area contributed by atoms with Gasteiger partial charge < -0.3 is 14.6 Å². The Morgan fingerprint density at radius 3 is 2.55 bits per heavy atom. The first kappa shape index (κ1) is 22.8. The lowest BCUT2D eigenvalue weighted by Gasteiger charge is -2.25. The van der Waals surface area contributed by atoms with E-state index in [4.69, 9.17) is 4.42 Å². The molecule has 1 aliphatic rings. The van der Waals surface area contributed by atoms with Crippen LogP contribution in [0.4, 0.5) is 13.2 Å². The van der Waals surface area contributed by atoms with Crippen molar-refractivity contribution in [3.8, 4) is 11.5 Å². The van der Waals surface area contributed by atoms with Crippen LogP contribution in [-0.4, -0.2) is 41.3 Å². The minimum atomic E-state index is -4.46. The van der Waals surface area contributed by atoms with Gasteiger partial charge in [-0.2, -0.15) is 13.2 Å². The fraction of sp³-hybridized carbons (Fsp3) is 0.375. The highest BCUT2D eigenvalue weighted by Crippen LogP contribution is 2.33. The van der Waals surface area contributed by atoms with Gasteiger partial charge in [-0.15, -0.1) is 0 Å². The lowest BCUT2D eigenvalue weighted by Crippen LogP contribution is -2.36. The van der Waals surface area contributed by atoms with Crippen molar-refractivity contribution in [2.24, 2.45) is 5.92 Å². The summed E-state index contributed by atoms with van der Waals surface area (Å²) in [5.74, 6) is -0.0248. The normalized spacial score (nSPS) is 18.5. The molecule has 2 atom stereocenters. The zero-order valence-electron chi connectivity index (χ0n) is 18.3. The van der Waals surface area contributed by atoms with E-state index in [9.17, 15) is 22.8 Å². The molecule has 0 bridgehead atoms. The summed E-state index contributed by atoms with van der Waals surface area (Å²) >= 11 is 0. The molecular formula is C24H24F3N3O3. The summed E-state index contributed by atoms with van der Waals surface area (Å²) in [7, 11) is 1.74. The number of alkyl halides is 3. The Labute approximate surface area is 188 Å². The Morgan fingerprint density at radius 1 is 1.15 bits per heavy atom. The fourth-order valence-electron chi connectivity index (χ4n) is 4.22. The van der Waals surface area contributed by atoms with Crippen LogP contribution in [0.25, 0.3) is 22.6 Å². The lowest BCUT2D eigenvalue weighted by molar-refractivity contribution is -0.137. The van der Waals surface area contributed by atoms with Crippen LogP contribution in [0.15, 0.2) is 46.9 Å². The number of benzene rings is 2. The molecule has 1 heterocycles. The molecule has 0 radical (unpaired) electrons. The number of carbonyl (C=O) groups excluding carboxylic acids is 2. The second-order valence-corrected chi connectivity index (χ2v) is 8.25. The summed E-state index contributed by atoms with van der Waals surface area (Å²) in [5.41, 5.74) is 0.595. The number of aromatic nitrogens is 1. The van der Waals surface area contributed by atoms with Crippen molar-refractivity contribution in [2.75, 3.05) is 13.6 Å². The van der Waals surface area contributed by atoms with E-state index in [1.165, 1.54) is 6.07 Å². The van der Waals surface area contributed by atoms with Gasteiger partial charge in [0.15, 0.2) is 5.58 Å². The Hall–Kier alpha value is -3.36. The number of hydrogen-bond donors (Lipinski definition) is 1. The van der Waals surface area contributed by atoms with Crippen LogP contribution in [0, 0.1) is 5.92 Å². The van der Waals surface area contributed by atoms with Gasteiger partial charge in [-0.05, 0) is 68.7 Å². The maximum atomic E-state index is 12.9. The highest BCUT2D eigenvalue weighted by Gasteiger charge is 2.34. The maximum Gasteiger partial charge on any atom is 0.416 e. The monoisotopic (exact) mass is 459 g/mol. The van der Waals surface area contributed by atoms with Gasteiger partial charge in [-0.1, -0.05) is 0 Å². The zero-order valence-corrected chi connectivity index (χ0v) is 18.3. The highest BCUT2D eigenvalue weighted by atomic mass is 19.4. The first-order chi connectivity index (χ1) is 15.7. The van der Waals surface area contributed by atoms with E-state index in [0.717, 1.165) is 25.0 Å². The molecule has 0 aliphatic heterocycles. The topological polar surface area (TPSA) is 75.4 Å². The van der Waals surface area contributed by atoms with E-state index in [2.05, 4.69) is 10.3 Å². The Kier molecular flexibility index (Phi) is 6.14. The maximum absolute atomic E-state index is 12.9. The van der Waals surface area contributed by atoms with Crippen molar-refractivity contribution in [2.45, 2.75) is 38.4 Å². The van der Waals surface area contributed by atoms with Crippen molar-refractivity contribution < 1.29 is 27.2 Å². The number of nitrogens with zero attached hydrogens (tertiary/aromatic N) is 2. The highest BCUT2D eigenvalue weighted by molar-refractivity contribution is 5.95. The van der Waals surface area contributed by atoms with Gasteiger partial charge >= 0.3 is 6.18 Å². The van der Waals surface area contributed by atoms with Crippen molar-refractivity contribution in [3.05, 3.63) is 53.6 Å².